The molecule has 1 aromatic carbocycles. The van der Waals surface area contributed by atoms with Crippen LogP contribution >= 0.6 is 0 Å². The van der Waals surface area contributed by atoms with Crippen LogP contribution in [0, 0.1) is 13.8 Å². The molecule has 0 amide bonds. The van der Waals surface area contributed by atoms with Crippen LogP contribution in [0.15, 0.2) is 47.6 Å². The van der Waals surface area contributed by atoms with Gasteiger partial charge in [0.2, 0.25) is 0 Å². The lowest BCUT2D eigenvalue weighted by atomic mass is 10.1. The summed E-state index contributed by atoms with van der Waals surface area (Å²) in [6, 6.07) is 12.0. The van der Waals surface area contributed by atoms with Crippen molar-refractivity contribution >= 4 is 11.6 Å². The van der Waals surface area contributed by atoms with Gasteiger partial charge in [0.05, 0.1) is 0 Å². The number of guanidine groups is 1. The Bertz CT molecular complexity index is 591. The van der Waals surface area contributed by atoms with Gasteiger partial charge in [0.15, 0.2) is 5.96 Å². The number of nitrogens with zero attached hydrogens (tertiary/aromatic N) is 2. The third kappa shape index (κ3) is 4.09. The molecule has 0 aliphatic rings. The van der Waals surface area contributed by atoms with Crippen LogP contribution in [0.5, 0.6) is 0 Å². The Hall–Kier alpha value is -2.36. The van der Waals surface area contributed by atoms with E-state index in [2.05, 4.69) is 41.3 Å². The van der Waals surface area contributed by atoms with Gasteiger partial charge in [0.1, 0.15) is 0 Å². The molecule has 1 aromatic heterocycles. The van der Waals surface area contributed by atoms with Crippen LogP contribution in [0.25, 0.3) is 0 Å². The van der Waals surface area contributed by atoms with Crippen LogP contribution in [0.1, 0.15) is 16.8 Å². The Labute approximate surface area is 119 Å². The van der Waals surface area contributed by atoms with Crippen molar-refractivity contribution in [1.29, 1.82) is 0 Å². The number of nitrogens with one attached hydrogen (secondary N) is 1. The van der Waals surface area contributed by atoms with E-state index in [1.54, 1.807) is 6.20 Å². The van der Waals surface area contributed by atoms with E-state index in [4.69, 9.17) is 5.73 Å². The molecule has 0 atom stereocenters. The van der Waals surface area contributed by atoms with E-state index in [9.17, 15) is 0 Å². The molecule has 2 rings (SSSR count). The molecular weight excluding hydrogens is 248 g/mol. The minimum atomic E-state index is 0.434. The molecule has 0 aliphatic heterocycles. The number of aliphatic imine (C=N–C) groups is 1. The SMILES string of the molecule is Cc1ccc(NC(N)=NCCc2ccccn2)cc1C. The third-order valence-electron chi connectivity index (χ3n) is 3.16. The Morgan fingerprint density at radius 2 is 2.05 bits per heavy atom. The summed E-state index contributed by atoms with van der Waals surface area (Å²) in [6.07, 6.45) is 2.58. The normalized spacial score (nSPS) is 11.4. The quantitative estimate of drug-likeness (QED) is 0.662. The van der Waals surface area contributed by atoms with Crippen molar-refractivity contribution in [3.05, 3.63) is 59.4 Å². The van der Waals surface area contributed by atoms with E-state index < -0.39 is 0 Å². The van der Waals surface area contributed by atoms with Crippen molar-refractivity contribution in [3.63, 3.8) is 0 Å². The van der Waals surface area contributed by atoms with Gasteiger partial charge >= 0.3 is 0 Å². The smallest absolute Gasteiger partial charge is 0.193 e. The zero-order chi connectivity index (χ0) is 14.4. The number of aromatic nitrogens is 1. The van der Waals surface area contributed by atoms with Crippen LogP contribution in [-0.4, -0.2) is 17.5 Å². The topological polar surface area (TPSA) is 63.3 Å². The van der Waals surface area contributed by atoms with Crippen LogP contribution < -0.4 is 11.1 Å². The summed E-state index contributed by atoms with van der Waals surface area (Å²) in [5, 5.41) is 3.10. The lowest BCUT2D eigenvalue weighted by Crippen LogP contribution is -2.23. The molecule has 4 heteroatoms. The van der Waals surface area contributed by atoms with Gasteiger partial charge in [-0.1, -0.05) is 12.1 Å². The fourth-order valence-corrected chi connectivity index (χ4v) is 1.84. The summed E-state index contributed by atoms with van der Waals surface area (Å²) in [5.74, 6) is 0.434. The van der Waals surface area contributed by atoms with Gasteiger partial charge in [0, 0.05) is 30.5 Å². The van der Waals surface area contributed by atoms with Gasteiger partial charge in [-0.25, -0.2) is 0 Å². The number of anilines is 1. The molecule has 0 aliphatic carbocycles. The summed E-state index contributed by atoms with van der Waals surface area (Å²) in [7, 11) is 0. The van der Waals surface area contributed by atoms with Crippen molar-refractivity contribution in [1.82, 2.24) is 4.98 Å². The Morgan fingerprint density at radius 3 is 2.75 bits per heavy atom. The lowest BCUT2D eigenvalue weighted by molar-refractivity contribution is 0.921. The average molecular weight is 268 g/mol. The van der Waals surface area contributed by atoms with Crippen molar-refractivity contribution in [3.8, 4) is 0 Å². The van der Waals surface area contributed by atoms with Crippen LogP contribution in [0.4, 0.5) is 5.69 Å². The second-order valence-electron chi connectivity index (χ2n) is 4.76. The number of rotatable bonds is 4. The molecule has 20 heavy (non-hydrogen) atoms. The van der Waals surface area contributed by atoms with Gasteiger partial charge in [-0.3, -0.25) is 9.98 Å². The minimum absolute atomic E-state index is 0.434. The van der Waals surface area contributed by atoms with Gasteiger partial charge in [-0.15, -0.1) is 0 Å². The Balaban J connectivity index is 1.89. The Morgan fingerprint density at radius 1 is 1.20 bits per heavy atom. The molecule has 2 aromatic rings. The van der Waals surface area contributed by atoms with Crippen molar-refractivity contribution in [2.75, 3.05) is 11.9 Å². The molecule has 0 fully saturated rings. The first-order valence-corrected chi connectivity index (χ1v) is 6.69. The zero-order valence-corrected chi connectivity index (χ0v) is 11.9. The number of hydrogen-bond acceptors (Lipinski definition) is 2. The molecule has 1 heterocycles. The summed E-state index contributed by atoms with van der Waals surface area (Å²) in [5.41, 5.74) is 10.4. The highest BCUT2D eigenvalue weighted by Crippen LogP contribution is 2.13. The van der Waals surface area contributed by atoms with E-state index in [-0.39, 0.29) is 0 Å². The second-order valence-corrected chi connectivity index (χ2v) is 4.76. The number of pyridine rings is 1. The maximum absolute atomic E-state index is 5.88. The number of aryl methyl sites for hydroxylation is 2. The molecule has 4 nitrogen and oxygen atoms in total. The predicted molar refractivity (Wildman–Crippen MR) is 84.0 cm³/mol. The molecule has 0 unspecified atom stereocenters. The van der Waals surface area contributed by atoms with Gasteiger partial charge in [-0.2, -0.15) is 0 Å². The first-order chi connectivity index (χ1) is 9.65. The molecule has 0 bridgehead atoms. The predicted octanol–water partition coefficient (Wildman–Crippen LogP) is 2.67. The summed E-state index contributed by atoms with van der Waals surface area (Å²) >= 11 is 0. The molecule has 0 saturated carbocycles. The first kappa shape index (κ1) is 14.1. The van der Waals surface area contributed by atoms with E-state index in [0.29, 0.717) is 12.5 Å². The molecule has 104 valence electrons. The maximum Gasteiger partial charge on any atom is 0.193 e. The van der Waals surface area contributed by atoms with Crippen molar-refractivity contribution in [2.45, 2.75) is 20.3 Å². The molecule has 0 radical (unpaired) electrons. The van der Waals surface area contributed by atoms with Gasteiger partial charge in [0.25, 0.3) is 0 Å². The van der Waals surface area contributed by atoms with Gasteiger partial charge < -0.3 is 11.1 Å². The monoisotopic (exact) mass is 268 g/mol. The van der Waals surface area contributed by atoms with Crippen LogP contribution in [0.3, 0.4) is 0 Å². The number of hydrogen-bond donors (Lipinski definition) is 2. The first-order valence-electron chi connectivity index (χ1n) is 6.69. The second kappa shape index (κ2) is 6.70. The molecule has 0 spiro atoms. The minimum Gasteiger partial charge on any atom is -0.370 e. The van der Waals surface area contributed by atoms with Crippen LogP contribution in [-0.2, 0) is 6.42 Å². The highest BCUT2D eigenvalue weighted by atomic mass is 15.1. The van der Waals surface area contributed by atoms with Crippen LogP contribution in [0.2, 0.25) is 0 Å². The van der Waals surface area contributed by atoms with E-state index in [1.807, 2.05) is 24.3 Å². The Kier molecular flexibility index (Phi) is 4.71. The summed E-state index contributed by atoms with van der Waals surface area (Å²) in [6.45, 7) is 4.79. The average Bonchev–Trinajstić information content (AvgIpc) is 2.44. The highest BCUT2D eigenvalue weighted by Gasteiger charge is 1.98. The molecular formula is C16H20N4. The highest BCUT2D eigenvalue weighted by molar-refractivity contribution is 5.92. The number of benzene rings is 1. The van der Waals surface area contributed by atoms with Gasteiger partial charge in [-0.05, 0) is 49.2 Å². The molecule has 3 N–H and O–H groups in total. The van der Waals surface area contributed by atoms with E-state index in [0.717, 1.165) is 17.8 Å². The van der Waals surface area contributed by atoms with Crippen molar-refractivity contribution < 1.29 is 0 Å². The summed E-state index contributed by atoms with van der Waals surface area (Å²) < 4.78 is 0. The van der Waals surface area contributed by atoms with E-state index in [1.165, 1.54) is 11.1 Å². The fourth-order valence-electron chi connectivity index (χ4n) is 1.84. The number of nitrogens with two attached hydrogens (primary N) is 1. The maximum atomic E-state index is 5.88. The third-order valence-corrected chi connectivity index (χ3v) is 3.16. The van der Waals surface area contributed by atoms with E-state index >= 15 is 0 Å². The zero-order valence-electron chi connectivity index (χ0n) is 11.9. The molecule has 0 saturated heterocycles. The van der Waals surface area contributed by atoms with Crippen molar-refractivity contribution in [2.24, 2.45) is 10.7 Å². The summed E-state index contributed by atoms with van der Waals surface area (Å²) in [4.78, 5) is 8.56. The largest absolute Gasteiger partial charge is 0.370 e. The lowest BCUT2D eigenvalue weighted by Gasteiger charge is -2.08. The fraction of sp³-hybridized carbons (Fsp3) is 0.250. The standard InChI is InChI=1S/C16H20N4/c1-12-6-7-15(11-13(12)2)20-16(17)19-10-8-14-5-3-4-9-18-14/h3-7,9,11H,8,10H2,1-2H3,(H3,17,19,20).